The van der Waals surface area contributed by atoms with Gasteiger partial charge in [-0.05, 0) is 70.0 Å². The number of halogens is 1. The zero-order valence-electron chi connectivity index (χ0n) is 27.2. The quantitative estimate of drug-likeness (QED) is 0.335. The van der Waals surface area contributed by atoms with Crippen molar-refractivity contribution < 1.29 is 13.9 Å². The van der Waals surface area contributed by atoms with Crippen LogP contribution in [0.4, 0.5) is 15.8 Å². The number of rotatable bonds is 10. The van der Waals surface area contributed by atoms with Crippen molar-refractivity contribution in [3.8, 4) is 23.3 Å². The van der Waals surface area contributed by atoms with Crippen LogP contribution in [0.15, 0.2) is 58.7 Å². The zero-order chi connectivity index (χ0) is 32.5. The minimum Gasteiger partial charge on any atom is -0.493 e. The highest BCUT2D eigenvalue weighted by Gasteiger charge is 2.28. The van der Waals surface area contributed by atoms with Crippen LogP contribution < -0.4 is 25.7 Å². The number of aromatic nitrogens is 3. The molecule has 246 valence electrons. The Balaban J connectivity index is 0.000000985. The number of hydrogen-bond acceptors (Lipinski definition) is 9. The van der Waals surface area contributed by atoms with Gasteiger partial charge in [0.2, 0.25) is 0 Å². The Kier molecular flexibility index (Phi) is 11.3. The number of benzene rings is 2. The van der Waals surface area contributed by atoms with Crippen molar-refractivity contribution in [1.29, 1.82) is 0 Å². The van der Waals surface area contributed by atoms with Gasteiger partial charge in [-0.15, -0.1) is 11.8 Å². The number of hydrogen-bond donors (Lipinski definition) is 1. The molecular formula is C34H45FN8O3. The van der Waals surface area contributed by atoms with Gasteiger partial charge in [0.1, 0.15) is 17.9 Å². The molecule has 12 heteroatoms. The van der Waals surface area contributed by atoms with E-state index in [1.807, 2.05) is 75.4 Å². The Bertz CT molecular complexity index is 1560. The van der Waals surface area contributed by atoms with E-state index in [2.05, 4.69) is 37.3 Å². The van der Waals surface area contributed by atoms with Crippen molar-refractivity contribution in [3.63, 3.8) is 0 Å². The van der Waals surface area contributed by atoms with Crippen LogP contribution in [0.1, 0.15) is 46.6 Å². The van der Waals surface area contributed by atoms with Crippen LogP contribution >= 0.6 is 0 Å². The van der Waals surface area contributed by atoms with E-state index in [0.29, 0.717) is 44.3 Å². The van der Waals surface area contributed by atoms with E-state index in [0.717, 1.165) is 43.9 Å². The lowest BCUT2D eigenvalue weighted by atomic mass is 10.1. The van der Waals surface area contributed by atoms with Crippen molar-refractivity contribution in [2.24, 2.45) is 11.0 Å². The molecule has 0 aliphatic carbocycles. The Morgan fingerprint density at radius 2 is 1.78 bits per heavy atom. The molecule has 3 aromatic rings. The van der Waals surface area contributed by atoms with Gasteiger partial charge in [0, 0.05) is 50.1 Å². The lowest BCUT2D eigenvalue weighted by Crippen LogP contribution is -2.46. The molecule has 11 nitrogen and oxygen atoms in total. The van der Waals surface area contributed by atoms with Crippen LogP contribution in [-0.2, 0) is 4.74 Å². The van der Waals surface area contributed by atoms with Crippen LogP contribution in [0, 0.1) is 23.6 Å². The van der Waals surface area contributed by atoms with Crippen molar-refractivity contribution in [1.82, 2.24) is 24.9 Å². The maximum Gasteiger partial charge on any atom is 0.350 e. The molecule has 3 aliphatic rings. The molecule has 2 saturated heterocycles. The molecule has 1 aromatic heterocycles. The molecule has 3 atom stereocenters. The second-order valence-corrected chi connectivity index (χ2v) is 11.7. The van der Waals surface area contributed by atoms with Gasteiger partial charge in [-0.1, -0.05) is 6.92 Å². The van der Waals surface area contributed by atoms with Gasteiger partial charge < -0.3 is 19.3 Å². The first-order valence-corrected chi connectivity index (χ1v) is 16.1. The SMILES string of the molecule is CC#CC.CCC(C)n1ncn(-c2ccc(N3CCN(c4ccc(OCC5COC(CN6N=CCN6)C5)cc4F)CC3)cc2)c1=O. The predicted molar refractivity (Wildman–Crippen MR) is 179 cm³/mol. The van der Waals surface area contributed by atoms with Gasteiger partial charge in [0.05, 0.1) is 49.8 Å². The molecule has 6 rings (SSSR count). The molecule has 1 N–H and O–H groups in total. The average molecular weight is 633 g/mol. The van der Waals surface area contributed by atoms with E-state index in [1.165, 1.54) is 10.7 Å². The van der Waals surface area contributed by atoms with Crippen LogP contribution in [0.2, 0.25) is 0 Å². The Morgan fingerprint density at radius 3 is 2.43 bits per heavy atom. The fourth-order valence-corrected chi connectivity index (χ4v) is 5.70. The highest BCUT2D eigenvalue weighted by molar-refractivity contribution is 5.60. The molecule has 2 aromatic carbocycles. The summed E-state index contributed by atoms with van der Waals surface area (Å²) >= 11 is 0. The van der Waals surface area contributed by atoms with Gasteiger partial charge in [-0.2, -0.15) is 10.2 Å². The summed E-state index contributed by atoms with van der Waals surface area (Å²) in [5.74, 6) is 5.90. The van der Waals surface area contributed by atoms with E-state index in [1.54, 1.807) is 10.9 Å². The number of hydrazone groups is 1. The summed E-state index contributed by atoms with van der Waals surface area (Å²) in [6.07, 6.45) is 5.26. The van der Waals surface area contributed by atoms with Crippen LogP contribution in [0.5, 0.6) is 5.75 Å². The van der Waals surface area contributed by atoms with Crippen LogP contribution in [0.25, 0.3) is 5.69 Å². The van der Waals surface area contributed by atoms with Gasteiger partial charge >= 0.3 is 5.69 Å². The van der Waals surface area contributed by atoms with Crippen molar-refractivity contribution in [3.05, 3.63) is 65.1 Å². The van der Waals surface area contributed by atoms with Gasteiger partial charge in [-0.25, -0.2) is 29.0 Å². The largest absolute Gasteiger partial charge is 0.493 e. The third-order valence-electron chi connectivity index (χ3n) is 8.60. The van der Waals surface area contributed by atoms with Crippen LogP contribution in [-0.4, -0.2) is 84.3 Å². The van der Waals surface area contributed by atoms with Gasteiger partial charge in [-0.3, -0.25) is 0 Å². The second-order valence-electron chi connectivity index (χ2n) is 11.7. The molecule has 0 radical (unpaired) electrons. The maximum absolute atomic E-state index is 15.1. The zero-order valence-corrected chi connectivity index (χ0v) is 27.2. The van der Waals surface area contributed by atoms with E-state index in [4.69, 9.17) is 9.47 Å². The van der Waals surface area contributed by atoms with E-state index < -0.39 is 0 Å². The predicted octanol–water partition coefficient (Wildman–Crippen LogP) is 4.09. The number of piperazine rings is 1. The summed E-state index contributed by atoms with van der Waals surface area (Å²) in [6, 6.07) is 13.2. The molecule has 46 heavy (non-hydrogen) atoms. The smallest absolute Gasteiger partial charge is 0.350 e. The number of hydrazine groups is 1. The van der Waals surface area contributed by atoms with E-state index >= 15 is 4.39 Å². The first-order valence-electron chi connectivity index (χ1n) is 16.1. The molecular weight excluding hydrogens is 587 g/mol. The van der Waals surface area contributed by atoms with Crippen molar-refractivity contribution >= 4 is 17.6 Å². The Morgan fingerprint density at radius 1 is 1.07 bits per heavy atom. The topological polar surface area (TPSA) is 92.4 Å². The number of anilines is 2. The third-order valence-corrected chi connectivity index (χ3v) is 8.60. The maximum atomic E-state index is 15.1. The molecule has 3 unspecified atom stereocenters. The first-order chi connectivity index (χ1) is 22.4. The highest BCUT2D eigenvalue weighted by Crippen LogP contribution is 2.28. The minimum atomic E-state index is -0.271. The van der Waals surface area contributed by atoms with Gasteiger partial charge in [0.15, 0.2) is 0 Å². The number of nitrogens with zero attached hydrogens (tertiary/aromatic N) is 7. The third kappa shape index (κ3) is 8.08. The summed E-state index contributed by atoms with van der Waals surface area (Å²) in [7, 11) is 0. The average Bonchev–Trinajstić information content (AvgIpc) is 3.86. The van der Waals surface area contributed by atoms with E-state index in [-0.39, 0.29) is 29.6 Å². The monoisotopic (exact) mass is 632 g/mol. The molecule has 0 bridgehead atoms. The standard InChI is InChI=1S/C30H39FN8O3.C4H6/c1-3-22(2)39-30(40)37(21-34-39)25-6-4-24(5-7-25)35-12-14-36(15-13-35)29-9-8-26(17-28(29)31)41-19-23-16-27(42-20-23)18-38-32-10-11-33-38;1-3-4-2/h4-10,17,21-23,27,33H,3,11-16,18-20H2,1-2H3;1-2H3. The molecule has 2 fully saturated rings. The summed E-state index contributed by atoms with van der Waals surface area (Å²) in [5, 5.41) is 10.3. The second kappa shape index (κ2) is 15.8. The molecule has 0 saturated carbocycles. The normalized spacial score (nSPS) is 19.8. The first kappa shape index (κ1) is 33.0. The Labute approximate surface area is 270 Å². The lowest BCUT2D eigenvalue weighted by molar-refractivity contribution is 0.0590. The number of nitrogens with one attached hydrogen (secondary N) is 1. The molecule has 0 amide bonds. The summed E-state index contributed by atoms with van der Waals surface area (Å²) < 4.78 is 30.1. The van der Waals surface area contributed by atoms with Crippen LogP contribution in [0.3, 0.4) is 0 Å². The van der Waals surface area contributed by atoms with E-state index in [9.17, 15) is 4.79 Å². The number of ether oxygens (including phenoxy) is 2. The van der Waals surface area contributed by atoms with Gasteiger partial charge in [0.25, 0.3) is 0 Å². The fraction of sp³-hybridized carbons (Fsp3) is 0.500. The summed E-state index contributed by atoms with van der Waals surface area (Å²) in [4.78, 5) is 17.1. The molecule has 4 heterocycles. The summed E-state index contributed by atoms with van der Waals surface area (Å²) in [6.45, 7) is 13.2. The molecule has 0 spiro atoms. The lowest BCUT2D eigenvalue weighted by Gasteiger charge is -2.37. The molecule has 3 aliphatic heterocycles. The fourth-order valence-electron chi connectivity index (χ4n) is 5.70. The summed E-state index contributed by atoms with van der Waals surface area (Å²) in [5.41, 5.74) is 5.49. The Hall–Kier alpha value is -4.34. The van der Waals surface area contributed by atoms with Crippen molar-refractivity contribution in [2.75, 3.05) is 62.3 Å². The van der Waals surface area contributed by atoms with Crippen molar-refractivity contribution in [2.45, 2.75) is 52.7 Å². The minimum absolute atomic E-state index is 0.0573. The highest BCUT2D eigenvalue weighted by atomic mass is 19.1.